The zero-order valence-corrected chi connectivity index (χ0v) is 12.6. The Labute approximate surface area is 129 Å². The van der Waals surface area contributed by atoms with Gasteiger partial charge in [0.2, 0.25) is 5.91 Å². The summed E-state index contributed by atoms with van der Waals surface area (Å²) in [4.78, 5) is 23.0. The molecule has 1 aliphatic carbocycles. The minimum atomic E-state index is 0.177. The molecule has 22 heavy (non-hydrogen) atoms. The number of rotatable bonds is 4. The maximum atomic E-state index is 11.9. The lowest BCUT2D eigenvalue weighted by molar-refractivity contribution is -0.122. The van der Waals surface area contributed by atoms with Gasteiger partial charge < -0.3 is 9.88 Å². The normalized spacial score (nSPS) is 20.4. The first-order chi connectivity index (χ1) is 10.8. The number of pyridine rings is 1. The SMILES string of the molecule is O=C(CN1CCC(n2cnc3cccnc32)CC1)NC1CC1. The van der Waals surface area contributed by atoms with Crippen molar-refractivity contribution in [1.29, 1.82) is 0 Å². The highest BCUT2D eigenvalue weighted by atomic mass is 16.2. The standard InChI is InChI=1S/C16H21N5O/c22-15(19-12-3-4-12)10-20-8-5-13(6-9-20)21-11-18-14-2-1-7-17-16(14)21/h1-2,7,11-13H,3-6,8-10H2,(H,19,22). The Morgan fingerprint density at radius 3 is 2.82 bits per heavy atom. The molecule has 2 aromatic rings. The molecule has 6 nitrogen and oxygen atoms in total. The third kappa shape index (κ3) is 2.83. The second kappa shape index (κ2) is 5.68. The Hall–Kier alpha value is -1.95. The molecule has 0 radical (unpaired) electrons. The van der Waals surface area contributed by atoms with Crippen molar-refractivity contribution in [2.45, 2.75) is 37.8 Å². The Morgan fingerprint density at radius 2 is 2.05 bits per heavy atom. The highest BCUT2D eigenvalue weighted by molar-refractivity contribution is 5.78. The fraction of sp³-hybridized carbons (Fsp3) is 0.562. The molecule has 3 heterocycles. The van der Waals surface area contributed by atoms with Crippen molar-refractivity contribution in [3.63, 3.8) is 0 Å². The van der Waals surface area contributed by atoms with E-state index in [1.165, 1.54) is 0 Å². The predicted molar refractivity (Wildman–Crippen MR) is 83.4 cm³/mol. The van der Waals surface area contributed by atoms with Gasteiger partial charge in [-0.25, -0.2) is 9.97 Å². The summed E-state index contributed by atoms with van der Waals surface area (Å²) in [7, 11) is 0. The fourth-order valence-corrected chi connectivity index (χ4v) is 3.19. The second-order valence-corrected chi connectivity index (χ2v) is 6.35. The van der Waals surface area contributed by atoms with E-state index in [-0.39, 0.29) is 5.91 Å². The summed E-state index contributed by atoms with van der Waals surface area (Å²) >= 11 is 0. The summed E-state index contributed by atoms with van der Waals surface area (Å²) in [5.41, 5.74) is 1.92. The molecule has 116 valence electrons. The van der Waals surface area contributed by atoms with Crippen LogP contribution in [-0.4, -0.2) is 51.0 Å². The summed E-state index contributed by atoms with van der Waals surface area (Å²) < 4.78 is 2.19. The lowest BCUT2D eigenvalue weighted by Crippen LogP contribution is -2.42. The molecule has 0 aromatic carbocycles. The third-order valence-corrected chi connectivity index (χ3v) is 4.59. The molecule has 4 rings (SSSR count). The van der Waals surface area contributed by atoms with E-state index < -0.39 is 0 Å². The number of imidazole rings is 1. The molecule has 1 saturated heterocycles. The van der Waals surface area contributed by atoms with Crippen molar-refractivity contribution >= 4 is 17.1 Å². The van der Waals surface area contributed by atoms with E-state index in [1.807, 2.05) is 24.7 Å². The zero-order chi connectivity index (χ0) is 14.9. The summed E-state index contributed by atoms with van der Waals surface area (Å²) in [6.45, 7) is 2.44. The Kier molecular flexibility index (Phi) is 3.54. The maximum absolute atomic E-state index is 11.9. The summed E-state index contributed by atoms with van der Waals surface area (Å²) in [6, 6.07) is 4.80. The van der Waals surface area contributed by atoms with Gasteiger partial charge in [0, 0.05) is 31.4 Å². The highest BCUT2D eigenvalue weighted by Crippen LogP contribution is 2.25. The Bertz CT molecular complexity index is 670. The first-order valence-corrected chi connectivity index (χ1v) is 8.09. The number of aromatic nitrogens is 3. The topological polar surface area (TPSA) is 63.1 Å². The van der Waals surface area contributed by atoms with Crippen LogP contribution in [0.1, 0.15) is 31.7 Å². The van der Waals surface area contributed by atoms with Crippen molar-refractivity contribution in [2.24, 2.45) is 0 Å². The average Bonchev–Trinajstić information content (AvgIpc) is 3.24. The van der Waals surface area contributed by atoms with Gasteiger partial charge in [-0.05, 0) is 37.8 Å². The number of hydrogen-bond acceptors (Lipinski definition) is 4. The maximum Gasteiger partial charge on any atom is 0.234 e. The van der Waals surface area contributed by atoms with E-state index in [1.54, 1.807) is 0 Å². The largest absolute Gasteiger partial charge is 0.352 e. The summed E-state index contributed by atoms with van der Waals surface area (Å²) in [5, 5.41) is 3.06. The number of nitrogens with zero attached hydrogens (tertiary/aromatic N) is 4. The van der Waals surface area contributed by atoms with Gasteiger partial charge in [-0.3, -0.25) is 9.69 Å². The van der Waals surface area contributed by atoms with Crippen LogP contribution in [0.5, 0.6) is 0 Å². The van der Waals surface area contributed by atoms with E-state index in [0.717, 1.165) is 49.9 Å². The van der Waals surface area contributed by atoms with Crippen LogP contribution in [0.25, 0.3) is 11.2 Å². The lowest BCUT2D eigenvalue weighted by Gasteiger charge is -2.32. The van der Waals surface area contributed by atoms with Crippen LogP contribution < -0.4 is 5.32 Å². The van der Waals surface area contributed by atoms with Crippen LogP contribution in [0.3, 0.4) is 0 Å². The van der Waals surface area contributed by atoms with Crippen LogP contribution >= 0.6 is 0 Å². The van der Waals surface area contributed by atoms with Crippen molar-refractivity contribution in [3.05, 3.63) is 24.7 Å². The molecular formula is C16H21N5O. The van der Waals surface area contributed by atoms with Gasteiger partial charge in [0.15, 0.2) is 5.65 Å². The molecule has 0 bridgehead atoms. The number of nitrogens with one attached hydrogen (secondary N) is 1. The number of carbonyl (C=O) groups is 1. The van der Waals surface area contributed by atoms with Crippen LogP contribution in [0.15, 0.2) is 24.7 Å². The minimum Gasteiger partial charge on any atom is -0.352 e. The molecule has 2 aliphatic rings. The monoisotopic (exact) mass is 299 g/mol. The molecule has 1 amide bonds. The van der Waals surface area contributed by atoms with E-state index in [0.29, 0.717) is 18.6 Å². The minimum absolute atomic E-state index is 0.177. The van der Waals surface area contributed by atoms with Gasteiger partial charge in [-0.15, -0.1) is 0 Å². The van der Waals surface area contributed by atoms with Crippen molar-refractivity contribution in [3.8, 4) is 0 Å². The van der Waals surface area contributed by atoms with E-state index in [2.05, 4.69) is 24.8 Å². The van der Waals surface area contributed by atoms with Gasteiger partial charge in [-0.2, -0.15) is 0 Å². The molecule has 1 aliphatic heterocycles. The zero-order valence-electron chi connectivity index (χ0n) is 12.6. The molecule has 0 spiro atoms. The molecule has 2 aromatic heterocycles. The van der Waals surface area contributed by atoms with Gasteiger partial charge in [0.1, 0.15) is 5.52 Å². The quantitative estimate of drug-likeness (QED) is 0.925. The Balaban J connectivity index is 1.36. The summed E-state index contributed by atoms with van der Waals surface area (Å²) in [6.07, 6.45) is 8.09. The van der Waals surface area contributed by atoms with Crippen molar-refractivity contribution < 1.29 is 4.79 Å². The molecule has 0 atom stereocenters. The van der Waals surface area contributed by atoms with Crippen LogP contribution in [0.4, 0.5) is 0 Å². The smallest absolute Gasteiger partial charge is 0.234 e. The predicted octanol–water partition coefficient (Wildman–Crippen LogP) is 1.35. The molecular weight excluding hydrogens is 278 g/mol. The summed E-state index contributed by atoms with van der Waals surface area (Å²) in [5.74, 6) is 0.177. The first kappa shape index (κ1) is 13.7. The van der Waals surface area contributed by atoms with Crippen LogP contribution in [0.2, 0.25) is 0 Å². The number of likely N-dealkylation sites (tertiary alicyclic amines) is 1. The van der Waals surface area contributed by atoms with Gasteiger partial charge in [0.05, 0.1) is 12.9 Å². The number of amides is 1. The number of fused-ring (bicyclic) bond motifs is 1. The molecule has 1 saturated carbocycles. The van der Waals surface area contributed by atoms with Crippen molar-refractivity contribution in [1.82, 2.24) is 24.8 Å². The van der Waals surface area contributed by atoms with E-state index in [9.17, 15) is 4.79 Å². The number of hydrogen-bond donors (Lipinski definition) is 1. The lowest BCUT2D eigenvalue weighted by atomic mass is 10.0. The van der Waals surface area contributed by atoms with E-state index >= 15 is 0 Å². The average molecular weight is 299 g/mol. The van der Waals surface area contributed by atoms with Gasteiger partial charge >= 0.3 is 0 Å². The molecule has 2 fully saturated rings. The fourth-order valence-electron chi connectivity index (χ4n) is 3.19. The highest BCUT2D eigenvalue weighted by Gasteiger charge is 2.26. The van der Waals surface area contributed by atoms with Crippen LogP contribution in [0, 0.1) is 0 Å². The number of carbonyl (C=O) groups excluding carboxylic acids is 1. The second-order valence-electron chi connectivity index (χ2n) is 6.35. The van der Waals surface area contributed by atoms with Gasteiger partial charge in [0.25, 0.3) is 0 Å². The Morgan fingerprint density at radius 1 is 1.23 bits per heavy atom. The third-order valence-electron chi connectivity index (χ3n) is 4.59. The molecule has 0 unspecified atom stereocenters. The van der Waals surface area contributed by atoms with Gasteiger partial charge in [-0.1, -0.05) is 0 Å². The number of piperidine rings is 1. The molecule has 6 heteroatoms. The van der Waals surface area contributed by atoms with Crippen molar-refractivity contribution in [2.75, 3.05) is 19.6 Å². The first-order valence-electron chi connectivity index (χ1n) is 8.09. The van der Waals surface area contributed by atoms with Crippen LogP contribution in [-0.2, 0) is 4.79 Å². The van der Waals surface area contributed by atoms with E-state index in [4.69, 9.17) is 0 Å². The molecule has 1 N–H and O–H groups in total.